The molecule has 6 heteroatoms. The lowest BCUT2D eigenvalue weighted by Gasteiger charge is -2.18. The molecule has 1 amide bonds. The van der Waals surface area contributed by atoms with Gasteiger partial charge in [-0.1, -0.05) is 0 Å². The normalized spacial score (nSPS) is 13.0. The van der Waals surface area contributed by atoms with Gasteiger partial charge in [-0.15, -0.1) is 11.3 Å². The van der Waals surface area contributed by atoms with Gasteiger partial charge in [0.25, 0.3) is 0 Å². The molecular weight excluding hydrogens is 288 g/mol. The van der Waals surface area contributed by atoms with Crippen LogP contribution in [-0.2, 0) is 11.2 Å². The number of nitrogens with zero attached hydrogens (tertiary/aromatic N) is 1. The molecule has 0 unspecified atom stereocenters. The van der Waals surface area contributed by atoms with Gasteiger partial charge >= 0.3 is 0 Å². The Morgan fingerprint density at radius 2 is 2.14 bits per heavy atom. The Labute approximate surface area is 126 Å². The average Bonchev–Trinajstić information content (AvgIpc) is 2.91. The molecule has 0 fully saturated rings. The highest BCUT2D eigenvalue weighted by Gasteiger charge is 2.13. The molecule has 1 aliphatic heterocycles. The lowest BCUT2D eigenvalue weighted by atomic mass is 10.2. The van der Waals surface area contributed by atoms with Crippen LogP contribution in [0.4, 0.5) is 5.69 Å². The number of rotatable bonds is 4. The SMILES string of the molecule is Cc1csc(CCC(=O)Nc2ccc3c(c2)OCCO3)n1. The van der Waals surface area contributed by atoms with Crippen molar-refractivity contribution < 1.29 is 14.3 Å². The van der Waals surface area contributed by atoms with Gasteiger partial charge in [0.2, 0.25) is 5.91 Å². The molecule has 0 saturated heterocycles. The molecule has 0 bridgehead atoms. The van der Waals surface area contributed by atoms with E-state index in [4.69, 9.17) is 9.47 Å². The predicted octanol–water partition coefficient (Wildman–Crippen LogP) is 2.79. The lowest BCUT2D eigenvalue weighted by molar-refractivity contribution is -0.116. The van der Waals surface area contributed by atoms with E-state index in [9.17, 15) is 4.79 Å². The molecule has 0 saturated carbocycles. The number of anilines is 1. The maximum absolute atomic E-state index is 12.0. The van der Waals surface area contributed by atoms with Crippen LogP contribution in [0.5, 0.6) is 11.5 Å². The van der Waals surface area contributed by atoms with Crippen molar-refractivity contribution >= 4 is 22.9 Å². The number of carbonyl (C=O) groups is 1. The molecule has 5 nitrogen and oxygen atoms in total. The van der Waals surface area contributed by atoms with E-state index in [1.807, 2.05) is 24.4 Å². The highest BCUT2D eigenvalue weighted by molar-refractivity contribution is 7.09. The van der Waals surface area contributed by atoms with Gasteiger partial charge in [0.05, 0.1) is 5.01 Å². The van der Waals surface area contributed by atoms with Crippen LogP contribution in [0.25, 0.3) is 0 Å². The number of benzene rings is 1. The summed E-state index contributed by atoms with van der Waals surface area (Å²) in [5.74, 6) is 1.37. The van der Waals surface area contributed by atoms with Crippen molar-refractivity contribution in [2.75, 3.05) is 18.5 Å². The van der Waals surface area contributed by atoms with E-state index in [0.29, 0.717) is 31.8 Å². The van der Waals surface area contributed by atoms with E-state index in [1.165, 1.54) is 0 Å². The van der Waals surface area contributed by atoms with Crippen LogP contribution in [0.15, 0.2) is 23.6 Å². The van der Waals surface area contributed by atoms with Gasteiger partial charge in [-0.3, -0.25) is 4.79 Å². The minimum Gasteiger partial charge on any atom is -0.486 e. The Hall–Kier alpha value is -2.08. The zero-order valence-electron chi connectivity index (χ0n) is 11.7. The summed E-state index contributed by atoms with van der Waals surface area (Å²) < 4.78 is 10.9. The predicted molar refractivity (Wildman–Crippen MR) is 81.2 cm³/mol. The van der Waals surface area contributed by atoms with Crippen molar-refractivity contribution in [3.8, 4) is 11.5 Å². The van der Waals surface area contributed by atoms with Crippen LogP contribution in [0, 0.1) is 6.92 Å². The fourth-order valence-electron chi connectivity index (χ4n) is 2.08. The number of aromatic nitrogens is 1. The number of nitrogens with one attached hydrogen (secondary N) is 1. The van der Waals surface area contributed by atoms with Gasteiger partial charge in [-0.2, -0.15) is 0 Å². The first-order chi connectivity index (χ1) is 10.2. The Bertz CT molecular complexity index is 654. The molecule has 1 aromatic heterocycles. The second kappa shape index (κ2) is 6.13. The minimum absolute atomic E-state index is 0.0282. The van der Waals surface area contributed by atoms with Crippen LogP contribution in [0.2, 0.25) is 0 Å². The average molecular weight is 304 g/mol. The third-order valence-corrected chi connectivity index (χ3v) is 4.08. The van der Waals surface area contributed by atoms with Crippen molar-refractivity contribution in [2.24, 2.45) is 0 Å². The largest absolute Gasteiger partial charge is 0.486 e. The summed E-state index contributed by atoms with van der Waals surface area (Å²) in [5.41, 5.74) is 1.72. The molecule has 2 aromatic rings. The fourth-order valence-corrected chi connectivity index (χ4v) is 2.86. The Morgan fingerprint density at radius 3 is 2.90 bits per heavy atom. The van der Waals surface area contributed by atoms with Crippen molar-refractivity contribution in [1.29, 1.82) is 0 Å². The topological polar surface area (TPSA) is 60.5 Å². The van der Waals surface area contributed by atoms with E-state index < -0.39 is 0 Å². The fraction of sp³-hybridized carbons (Fsp3) is 0.333. The second-order valence-electron chi connectivity index (χ2n) is 4.79. The molecule has 0 radical (unpaired) electrons. The van der Waals surface area contributed by atoms with Gasteiger partial charge in [0.15, 0.2) is 11.5 Å². The van der Waals surface area contributed by atoms with E-state index in [-0.39, 0.29) is 5.91 Å². The van der Waals surface area contributed by atoms with E-state index >= 15 is 0 Å². The number of aryl methyl sites for hydroxylation is 2. The number of ether oxygens (including phenoxy) is 2. The third kappa shape index (κ3) is 3.52. The van der Waals surface area contributed by atoms with E-state index in [2.05, 4.69) is 10.3 Å². The van der Waals surface area contributed by atoms with Gasteiger partial charge in [-0.05, 0) is 19.1 Å². The molecule has 110 valence electrons. The Balaban J connectivity index is 1.57. The van der Waals surface area contributed by atoms with Gasteiger partial charge in [-0.25, -0.2) is 4.98 Å². The van der Waals surface area contributed by atoms with Crippen LogP contribution in [0.3, 0.4) is 0 Å². The number of hydrogen-bond donors (Lipinski definition) is 1. The zero-order valence-corrected chi connectivity index (χ0v) is 12.5. The molecule has 0 aliphatic carbocycles. The summed E-state index contributed by atoms with van der Waals surface area (Å²) in [5, 5.41) is 5.86. The highest BCUT2D eigenvalue weighted by atomic mass is 32.1. The number of fused-ring (bicyclic) bond motifs is 1. The highest BCUT2D eigenvalue weighted by Crippen LogP contribution is 2.32. The summed E-state index contributed by atoms with van der Waals surface area (Å²) in [4.78, 5) is 16.3. The summed E-state index contributed by atoms with van der Waals surface area (Å²) in [7, 11) is 0. The van der Waals surface area contributed by atoms with Crippen LogP contribution < -0.4 is 14.8 Å². The Morgan fingerprint density at radius 1 is 1.33 bits per heavy atom. The van der Waals surface area contributed by atoms with E-state index in [0.717, 1.165) is 22.1 Å². The molecule has 3 rings (SSSR count). The summed E-state index contributed by atoms with van der Waals surface area (Å²) in [6.07, 6.45) is 1.08. The molecule has 1 aliphatic rings. The first-order valence-electron chi connectivity index (χ1n) is 6.81. The van der Waals surface area contributed by atoms with Crippen molar-refractivity contribution in [3.63, 3.8) is 0 Å². The summed E-state index contributed by atoms with van der Waals surface area (Å²) in [6.45, 7) is 3.05. The summed E-state index contributed by atoms with van der Waals surface area (Å²) >= 11 is 1.59. The maximum Gasteiger partial charge on any atom is 0.224 e. The third-order valence-electron chi connectivity index (χ3n) is 3.06. The smallest absolute Gasteiger partial charge is 0.224 e. The molecule has 21 heavy (non-hydrogen) atoms. The molecule has 0 atom stereocenters. The van der Waals surface area contributed by atoms with Crippen molar-refractivity contribution in [3.05, 3.63) is 34.3 Å². The monoisotopic (exact) mass is 304 g/mol. The molecule has 1 aromatic carbocycles. The number of thiazole rings is 1. The van der Waals surface area contributed by atoms with Crippen molar-refractivity contribution in [2.45, 2.75) is 19.8 Å². The van der Waals surface area contributed by atoms with Crippen molar-refractivity contribution in [1.82, 2.24) is 4.98 Å². The molecular formula is C15H16N2O3S. The van der Waals surface area contributed by atoms with Gasteiger partial charge in [0.1, 0.15) is 13.2 Å². The van der Waals surface area contributed by atoms with Crippen LogP contribution in [0.1, 0.15) is 17.1 Å². The van der Waals surface area contributed by atoms with Gasteiger partial charge in [0, 0.05) is 35.7 Å². The number of amides is 1. The minimum atomic E-state index is -0.0282. The molecule has 2 heterocycles. The number of hydrogen-bond acceptors (Lipinski definition) is 5. The van der Waals surface area contributed by atoms with Crippen LogP contribution >= 0.6 is 11.3 Å². The van der Waals surface area contributed by atoms with E-state index in [1.54, 1.807) is 17.4 Å². The standard InChI is InChI=1S/C15H16N2O3S/c1-10-9-21-15(16-10)5-4-14(18)17-11-2-3-12-13(8-11)20-7-6-19-12/h2-3,8-9H,4-7H2,1H3,(H,17,18). The zero-order chi connectivity index (χ0) is 14.7. The van der Waals surface area contributed by atoms with Gasteiger partial charge < -0.3 is 14.8 Å². The second-order valence-corrected chi connectivity index (χ2v) is 5.73. The number of carbonyl (C=O) groups excluding carboxylic acids is 1. The quantitative estimate of drug-likeness (QED) is 0.943. The maximum atomic E-state index is 12.0. The first-order valence-corrected chi connectivity index (χ1v) is 7.69. The molecule has 1 N–H and O–H groups in total. The Kier molecular flexibility index (Phi) is 4.06. The molecule has 0 spiro atoms. The lowest BCUT2D eigenvalue weighted by Crippen LogP contribution is -2.16. The summed E-state index contributed by atoms with van der Waals surface area (Å²) in [6, 6.07) is 5.42. The van der Waals surface area contributed by atoms with Crippen LogP contribution in [-0.4, -0.2) is 24.1 Å². The first kappa shape index (κ1) is 13.9.